The minimum absolute atomic E-state index is 0. The van der Waals surface area contributed by atoms with Crippen LogP contribution in [0.25, 0.3) is 0 Å². The Morgan fingerprint density at radius 1 is 1.31 bits per heavy atom. The highest BCUT2D eigenvalue weighted by Crippen LogP contribution is 2.28. The van der Waals surface area contributed by atoms with Crippen molar-refractivity contribution in [2.45, 2.75) is 38.8 Å². The van der Waals surface area contributed by atoms with E-state index in [4.69, 9.17) is 9.47 Å². The fourth-order valence-corrected chi connectivity index (χ4v) is 3.14. The van der Waals surface area contributed by atoms with Crippen molar-refractivity contribution >= 4 is 30.0 Å². The molecule has 29 heavy (non-hydrogen) atoms. The van der Waals surface area contributed by atoms with Crippen molar-refractivity contribution < 1.29 is 19.1 Å². The van der Waals surface area contributed by atoms with Gasteiger partial charge in [0.05, 0.1) is 30.5 Å². The van der Waals surface area contributed by atoms with Crippen LogP contribution in [0, 0.1) is 0 Å². The average Bonchev–Trinajstić information content (AvgIpc) is 3.19. The first kappa shape index (κ1) is 22.7. The van der Waals surface area contributed by atoms with Gasteiger partial charge in [0.25, 0.3) is 5.91 Å². The molecule has 8 nitrogen and oxygen atoms in total. The maximum Gasteiger partial charge on any atom is 0.337 e. The number of benzene rings is 1. The van der Waals surface area contributed by atoms with Crippen LogP contribution in [0.4, 0.5) is 5.69 Å². The lowest BCUT2D eigenvalue weighted by Gasteiger charge is -2.22. The van der Waals surface area contributed by atoms with Gasteiger partial charge in [-0.2, -0.15) is 5.10 Å². The fraction of sp³-hybridized carbons (Fsp3) is 0.450. The van der Waals surface area contributed by atoms with Gasteiger partial charge in [0.1, 0.15) is 5.75 Å². The molecular weight excluding hydrogens is 396 g/mol. The fourth-order valence-electron chi connectivity index (χ4n) is 3.14. The summed E-state index contributed by atoms with van der Waals surface area (Å²) in [6.07, 6.45) is 3.85. The zero-order valence-corrected chi connectivity index (χ0v) is 17.6. The Balaban J connectivity index is 0.00000300. The molecule has 2 aromatic rings. The molecule has 1 saturated heterocycles. The van der Waals surface area contributed by atoms with Crippen LogP contribution in [0.3, 0.4) is 0 Å². The molecule has 3 rings (SSSR count). The Kier molecular flexibility index (Phi) is 8.04. The Morgan fingerprint density at radius 3 is 2.76 bits per heavy atom. The lowest BCUT2D eigenvalue weighted by atomic mass is 10.1. The van der Waals surface area contributed by atoms with Crippen molar-refractivity contribution in [1.82, 2.24) is 15.1 Å². The van der Waals surface area contributed by atoms with Crippen molar-refractivity contribution in [2.75, 3.05) is 25.5 Å². The molecule has 1 aliphatic heterocycles. The molecule has 158 valence electrons. The predicted octanol–water partition coefficient (Wildman–Crippen LogP) is 3.06. The van der Waals surface area contributed by atoms with E-state index in [0.29, 0.717) is 22.7 Å². The highest BCUT2D eigenvalue weighted by atomic mass is 35.5. The third-order valence-electron chi connectivity index (χ3n) is 4.50. The van der Waals surface area contributed by atoms with Gasteiger partial charge in [0.2, 0.25) is 0 Å². The SMILES string of the molecule is COC(=O)c1ccc(OC(C)C)c(NC(=O)c2ccn(C3CCCNC3)n2)c1.Cl. The molecule has 0 spiro atoms. The summed E-state index contributed by atoms with van der Waals surface area (Å²) in [5.74, 6) is -0.370. The topological polar surface area (TPSA) is 94.5 Å². The number of esters is 1. The predicted molar refractivity (Wildman–Crippen MR) is 112 cm³/mol. The third kappa shape index (κ3) is 5.71. The molecule has 0 bridgehead atoms. The van der Waals surface area contributed by atoms with E-state index < -0.39 is 5.97 Å². The molecule has 1 amide bonds. The number of hydrogen-bond acceptors (Lipinski definition) is 6. The Hall–Kier alpha value is -2.58. The van der Waals surface area contributed by atoms with Crippen molar-refractivity contribution in [3.05, 3.63) is 41.7 Å². The van der Waals surface area contributed by atoms with E-state index >= 15 is 0 Å². The summed E-state index contributed by atoms with van der Waals surface area (Å²) in [6, 6.07) is 6.73. The van der Waals surface area contributed by atoms with Crippen LogP contribution in [0.15, 0.2) is 30.5 Å². The molecule has 1 aromatic carbocycles. The molecule has 0 saturated carbocycles. The molecule has 1 aromatic heterocycles. The first-order chi connectivity index (χ1) is 13.5. The smallest absolute Gasteiger partial charge is 0.337 e. The number of methoxy groups -OCH3 is 1. The zero-order valence-electron chi connectivity index (χ0n) is 16.8. The van der Waals surface area contributed by atoms with Crippen LogP contribution in [0.5, 0.6) is 5.75 Å². The largest absolute Gasteiger partial charge is 0.489 e. The van der Waals surface area contributed by atoms with Crippen LogP contribution in [-0.2, 0) is 4.74 Å². The second-order valence-corrected chi connectivity index (χ2v) is 7.00. The molecule has 1 unspecified atom stereocenters. The van der Waals surface area contributed by atoms with E-state index in [1.807, 2.05) is 24.7 Å². The highest BCUT2D eigenvalue weighted by Gasteiger charge is 2.19. The number of hydrogen-bond donors (Lipinski definition) is 2. The number of piperidine rings is 1. The monoisotopic (exact) mass is 422 g/mol. The number of rotatable bonds is 6. The molecule has 9 heteroatoms. The summed E-state index contributed by atoms with van der Waals surface area (Å²) in [6.45, 7) is 5.63. The van der Waals surface area contributed by atoms with Crippen molar-refractivity contribution in [2.24, 2.45) is 0 Å². The van der Waals surface area contributed by atoms with Gasteiger partial charge < -0.3 is 20.1 Å². The molecule has 1 aliphatic rings. The van der Waals surface area contributed by atoms with Gasteiger partial charge in [-0.15, -0.1) is 12.4 Å². The summed E-state index contributed by atoms with van der Waals surface area (Å²) in [5.41, 5.74) is 1.03. The number of carbonyl (C=O) groups excluding carboxylic acids is 2. The van der Waals surface area contributed by atoms with E-state index in [1.165, 1.54) is 7.11 Å². The van der Waals surface area contributed by atoms with Gasteiger partial charge >= 0.3 is 5.97 Å². The third-order valence-corrected chi connectivity index (χ3v) is 4.50. The molecule has 2 N–H and O–H groups in total. The Bertz CT molecular complexity index is 847. The zero-order chi connectivity index (χ0) is 20.1. The number of ether oxygens (including phenoxy) is 2. The number of nitrogens with one attached hydrogen (secondary N) is 2. The minimum atomic E-state index is -0.485. The first-order valence-electron chi connectivity index (χ1n) is 9.44. The summed E-state index contributed by atoms with van der Waals surface area (Å²) < 4.78 is 12.3. The number of halogens is 1. The molecule has 0 aliphatic carbocycles. The number of nitrogens with zero attached hydrogens (tertiary/aromatic N) is 2. The number of aromatic nitrogens is 2. The van der Waals surface area contributed by atoms with Gasteiger partial charge in [-0.1, -0.05) is 0 Å². The average molecular weight is 423 g/mol. The van der Waals surface area contributed by atoms with Crippen molar-refractivity contribution in [3.63, 3.8) is 0 Å². The summed E-state index contributed by atoms with van der Waals surface area (Å²) >= 11 is 0. The van der Waals surface area contributed by atoms with Crippen LogP contribution >= 0.6 is 12.4 Å². The lowest BCUT2D eigenvalue weighted by molar-refractivity contribution is 0.0600. The number of anilines is 1. The molecule has 1 fully saturated rings. The standard InChI is InChI=1S/C20H26N4O4.ClH/c1-13(2)28-18-7-6-14(20(26)27-3)11-17(18)22-19(25)16-8-10-24(23-16)15-5-4-9-21-12-15;/h6-8,10-11,13,15,21H,4-5,9,12H2,1-3H3,(H,22,25);1H. The summed E-state index contributed by atoms with van der Waals surface area (Å²) in [4.78, 5) is 24.6. The van der Waals surface area contributed by atoms with Gasteiger partial charge in [0.15, 0.2) is 5.69 Å². The quantitative estimate of drug-likeness (QED) is 0.695. The molecular formula is C20H27ClN4O4. The van der Waals surface area contributed by atoms with E-state index in [2.05, 4.69) is 15.7 Å². The van der Waals surface area contributed by atoms with E-state index in [0.717, 1.165) is 25.9 Å². The Morgan fingerprint density at radius 2 is 2.10 bits per heavy atom. The van der Waals surface area contributed by atoms with Crippen LogP contribution in [0.1, 0.15) is 53.6 Å². The number of amides is 1. The number of carbonyl (C=O) groups is 2. The maximum atomic E-state index is 12.7. The highest BCUT2D eigenvalue weighted by molar-refractivity contribution is 6.04. The summed E-state index contributed by atoms with van der Waals surface area (Å²) in [7, 11) is 1.31. The van der Waals surface area contributed by atoms with E-state index in [-0.39, 0.29) is 30.5 Å². The van der Waals surface area contributed by atoms with Crippen LogP contribution in [0.2, 0.25) is 0 Å². The van der Waals surface area contributed by atoms with Gasteiger partial charge in [-0.3, -0.25) is 9.48 Å². The molecule has 2 heterocycles. The maximum absolute atomic E-state index is 12.7. The minimum Gasteiger partial charge on any atom is -0.489 e. The van der Waals surface area contributed by atoms with E-state index in [9.17, 15) is 9.59 Å². The molecule has 1 atom stereocenters. The van der Waals surface area contributed by atoms with Crippen molar-refractivity contribution in [3.8, 4) is 5.75 Å². The summed E-state index contributed by atoms with van der Waals surface area (Å²) in [5, 5.41) is 10.6. The lowest BCUT2D eigenvalue weighted by Crippen LogP contribution is -2.32. The second kappa shape index (κ2) is 10.3. The second-order valence-electron chi connectivity index (χ2n) is 7.00. The Labute approximate surface area is 176 Å². The first-order valence-corrected chi connectivity index (χ1v) is 9.44. The normalized spacial score (nSPS) is 16.1. The van der Waals surface area contributed by atoms with Gasteiger partial charge in [0, 0.05) is 12.7 Å². The molecule has 0 radical (unpaired) electrons. The van der Waals surface area contributed by atoms with Gasteiger partial charge in [-0.05, 0) is 57.5 Å². The van der Waals surface area contributed by atoms with Crippen LogP contribution in [-0.4, -0.2) is 48.0 Å². The van der Waals surface area contributed by atoms with Crippen molar-refractivity contribution in [1.29, 1.82) is 0 Å². The van der Waals surface area contributed by atoms with Crippen LogP contribution < -0.4 is 15.4 Å². The van der Waals surface area contributed by atoms with Gasteiger partial charge in [-0.25, -0.2) is 4.79 Å². The van der Waals surface area contributed by atoms with E-state index in [1.54, 1.807) is 24.3 Å².